The van der Waals surface area contributed by atoms with Gasteiger partial charge in [-0.25, -0.2) is 40.3 Å². The molecule has 0 amide bonds. The summed E-state index contributed by atoms with van der Waals surface area (Å²) in [4.78, 5) is 8.72. The van der Waals surface area contributed by atoms with Crippen LogP contribution in [0.1, 0.15) is 0 Å². The first-order valence-electron chi connectivity index (χ1n) is 7.49. The quantitative estimate of drug-likeness (QED) is 0.304. The van der Waals surface area contributed by atoms with Crippen molar-refractivity contribution in [3.63, 3.8) is 0 Å². The van der Waals surface area contributed by atoms with Gasteiger partial charge >= 0.3 is 0 Å². The summed E-state index contributed by atoms with van der Waals surface area (Å²) in [5.74, 6) is -12.6. The average Bonchev–Trinajstić information content (AvgIpc) is 3.28. The van der Waals surface area contributed by atoms with E-state index in [1.54, 1.807) is 0 Å². The van der Waals surface area contributed by atoms with Crippen LogP contribution in [-0.4, -0.2) is 34.4 Å². The lowest BCUT2D eigenvalue weighted by atomic mass is 10.3. The zero-order valence-electron chi connectivity index (χ0n) is 13.7. The lowest BCUT2D eigenvalue weighted by molar-refractivity contribution is 0.357. The Balaban J connectivity index is 2.18. The molecule has 3 aromatic heterocycles. The van der Waals surface area contributed by atoms with Crippen molar-refractivity contribution in [3.8, 4) is 0 Å². The van der Waals surface area contributed by atoms with Gasteiger partial charge in [0.1, 0.15) is 11.2 Å². The highest BCUT2D eigenvalue weighted by Crippen LogP contribution is 2.34. The molecule has 0 unspecified atom stereocenters. The van der Waals surface area contributed by atoms with Crippen LogP contribution in [0.2, 0.25) is 0 Å². The van der Waals surface area contributed by atoms with E-state index in [1.165, 1.54) is 25.5 Å². The lowest BCUT2D eigenvalue weighted by Crippen LogP contribution is -2.21. The maximum atomic E-state index is 14.2. The van der Waals surface area contributed by atoms with Gasteiger partial charge in [-0.15, -0.1) is 0 Å². The number of anilines is 1. The number of hydrogen-bond acceptors (Lipinski definition) is 5. The van der Waals surface area contributed by atoms with Gasteiger partial charge in [0.05, 0.1) is 11.7 Å². The summed E-state index contributed by atoms with van der Waals surface area (Å²) in [6.45, 7) is 0. The van der Waals surface area contributed by atoms with Gasteiger partial charge in [-0.1, -0.05) is 0 Å². The van der Waals surface area contributed by atoms with Crippen LogP contribution in [0, 0.1) is 29.1 Å². The predicted molar refractivity (Wildman–Crippen MR) is 87.7 cm³/mol. The molecule has 0 aliphatic heterocycles. The molecule has 0 aliphatic carbocycles. The molecule has 0 saturated carbocycles. The second-order valence-corrected chi connectivity index (χ2v) is 7.31. The van der Waals surface area contributed by atoms with Crippen LogP contribution in [0.25, 0.3) is 22.1 Å². The molecule has 4 aromatic rings. The number of pyridine rings is 1. The van der Waals surface area contributed by atoms with E-state index in [4.69, 9.17) is 0 Å². The van der Waals surface area contributed by atoms with Gasteiger partial charge in [0, 0.05) is 18.6 Å². The van der Waals surface area contributed by atoms with Crippen LogP contribution in [0.5, 0.6) is 0 Å². The van der Waals surface area contributed by atoms with Gasteiger partial charge in [-0.3, -0.25) is 0 Å². The maximum Gasteiger partial charge on any atom is 0.277 e. The second-order valence-electron chi connectivity index (χ2n) is 5.59. The number of aromatic amines is 1. The minimum atomic E-state index is -5.30. The Labute approximate surface area is 152 Å². The smallest absolute Gasteiger partial charge is 0.277 e. The van der Waals surface area contributed by atoms with Crippen molar-refractivity contribution in [2.45, 2.75) is 4.90 Å². The first kappa shape index (κ1) is 18.2. The Kier molecular flexibility index (Phi) is 3.82. The number of fused-ring (bicyclic) bond motifs is 3. The molecule has 0 fully saturated rings. The highest BCUT2D eigenvalue weighted by molar-refractivity contribution is 7.90. The van der Waals surface area contributed by atoms with E-state index in [1.807, 2.05) is 0 Å². The summed E-state index contributed by atoms with van der Waals surface area (Å²) in [6, 6.07) is 1.43. The molecule has 0 saturated heterocycles. The fraction of sp³-hybridized carbons (Fsp3) is 0.0667. The monoisotopic (exact) mass is 417 g/mol. The van der Waals surface area contributed by atoms with E-state index in [0.717, 1.165) is 0 Å². The van der Waals surface area contributed by atoms with Crippen molar-refractivity contribution in [1.29, 1.82) is 0 Å². The minimum Gasteiger partial charge on any atom is -0.358 e. The van der Waals surface area contributed by atoms with Crippen molar-refractivity contribution in [3.05, 3.63) is 47.5 Å². The first-order valence-corrected chi connectivity index (χ1v) is 8.93. The summed E-state index contributed by atoms with van der Waals surface area (Å²) in [6.07, 6.45) is 2.62. The molecule has 0 spiro atoms. The van der Waals surface area contributed by atoms with Crippen molar-refractivity contribution in [1.82, 2.24) is 18.9 Å². The highest BCUT2D eigenvalue weighted by Gasteiger charge is 2.37. The third-order valence-corrected chi connectivity index (χ3v) is 5.76. The Morgan fingerprint density at radius 2 is 1.64 bits per heavy atom. The Hall–Kier alpha value is -3.22. The van der Waals surface area contributed by atoms with Crippen molar-refractivity contribution < 1.29 is 30.4 Å². The lowest BCUT2D eigenvalue weighted by Gasteiger charge is -2.13. The number of nitrogens with zero attached hydrogens (tertiary/aromatic N) is 3. The van der Waals surface area contributed by atoms with Crippen molar-refractivity contribution in [2.75, 3.05) is 12.4 Å². The van der Waals surface area contributed by atoms with Crippen molar-refractivity contribution in [2.24, 2.45) is 0 Å². The number of rotatable bonds is 3. The third-order valence-electron chi connectivity index (χ3n) is 4.05. The van der Waals surface area contributed by atoms with E-state index in [0.29, 0.717) is 3.97 Å². The number of hydrogen-bond donors (Lipinski definition) is 2. The predicted octanol–water partition coefficient (Wildman–Crippen LogP) is 2.89. The largest absolute Gasteiger partial charge is 0.358 e. The summed E-state index contributed by atoms with van der Waals surface area (Å²) in [7, 11) is -4.03. The molecule has 1 aromatic carbocycles. The minimum absolute atomic E-state index is 0.0175. The zero-order valence-corrected chi connectivity index (χ0v) is 14.5. The molecule has 0 radical (unpaired) electrons. The Morgan fingerprint density at radius 1 is 1.04 bits per heavy atom. The van der Waals surface area contributed by atoms with Crippen LogP contribution in [0.15, 0.2) is 23.4 Å². The Morgan fingerprint density at radius 3 is 2.25 bits per heavy atom. The molecule has 4 rings (SSSR count). The van der Waals surface area contributed by atoms with E-state index in [2.05, 4.69) is 20.3 Å². The number of benzene rings is 1. The SMILES string of the molecule is CNc1nc2cnc3[nH]ccc3c2n1S(=O)(=O)c1c(F)c(F)c(F)c(F)c1F. The van der Waals surface area contributed by atoms with Crippen molar-refractivity contribution >= 4 is 38.0 Å². The molecule has 7 nitrogen and oxygen atoms in total. The zero-order chi connectivity index (χ0) is 20.4. The molecule has 13 heteroatoms. The van der Waals surface area contributed by atoms with Gasteiger partial charge in [0.2, 0.25) is 11.8 Å². The van der Waals surface area contributed by atoms with Gasteiger partial charge in [-0.2, -0.15) is 3.97 Å². The van der Waals surface area contributed by atoms with Crippen LogP contribution >= 0.6 is 0 Å². The number of imidazole rings is 1. The summed E-state index contributed by atoms with van der Waals surface area (Å²) in [5, 5.41) is 2.63. The van der Waals surface area contributed by atoms with Gasteiger partial charge in [0.15, 0.2) is 28.2 Å². The molecule has 0 bridgehead atoms. The summed E-state index contributed by atoms with van der Waals surface area (Å²) in [5.41, 5.74) is 0.0901. The molecule has 0 atom stereocenters. The standard InChI is InChI=1S/C15H8F5N5O2S/c1-21-15-24-6-4-23-14-5(2-3-22-14)12(6)25(15)28(26,27)13-10(19)8(17)7(16)9(18)11(13)20/h2-4H,1H3,(H,21,24)(H,22,23). The molecular weight excluding hydrogens is 409 g/mol. The highest BCUT2D eigenvalue weighted by atomic mass is 32.2. The van der Waals surface area contributed by atoms with Crippen LogP contribution in [0.4, 0.5) is 27.9 Å². The number of halogens is 5. The fourth-order valence-corrected chi connectivity index (χ4v) is 4.44. The number of nitrogens with one attached hydrogen (secondary N) is 2. The topological polar surface area (TPSA) is 92.7 Å². The van der Waals surface area contributed by atoms with Crippen LogP contribution < -0.4 is 5.32 Å². The molecule has 2 N–H and O–H groups in total. The van der Waals surface area contributed by atoms with Crippen LogP contribution in [0.3, 0.4) is 0 Å². The second kappa shape index (κ2) is 5.89. The number of aromatic nitrogens is 4. The van der Waals surface area contributed by atoms with Gasteiger partial charge < -0.3 is 10.3 Å². The first-order chi connectivity index (χ1) is 13.2. The van der Waals surface area contributed by atoms with Crippen LogP contribution in [-0.2, 0) is 10.0 Å². The normalized spacial score (nSPS) is 12.2. The molecule has 0 aliphatic rings. The Bertz CT molecular complexity index is 1350. The third kappa shape index (κ3) is 2.22. The van der Waals surface area contributed by atoms with E-state index in [9.17, 15) is 30.4 Å². The molecule has 146 valence electrons. The summed E-state index contributed by atoms with van der Waals surface area (Å²) < 4.78 is 95.4. The van der Waals surface area contributed by atoms with E-state index < -0.39 is 50.0 Å². The van der Waals surface area contributed by atoms with E-state index in [-0.39, 0.29) is 22.1 Å². The van der Waals surface area contributed by atoms with Gasteiger partial charge in [0.25, 0.3) is 10.0 Å². The van der Waals surface area contributed by atoms with Gasteiger partial charge in [-0.05, 0) is 6.07 Å². The molecule has 3 heterocycles. The summed E-state index contributed by atoms with van der Waals surface area (Å²) >= 11 is 0. The molecule has 28 heavy (non-hydrogen) atoms. The average molecular weight is 417 g/mol. The molecular formula is C15H8F5N5O2S. The van der Waals surface area contributed by atoms with E-state index >= 15 is 0 Å². The maximum absolute atomic E-state index is 14.2. The number of H-pyrrole nitrogens is 1. The fourth-order valence-electron chi connectivity index (χ4n) is 2.84.